The van der Waals surface area contributed by atoms with Gasteiger partial charge in [0.15, 0.2) is 3.77 Å². The zero-order chi connectivity index (χ0) is 21.9. The summed E-state index contributed by atoms with van der Waals surface area (Å²) in [5, 5.41) is 4.40. The number of hydrogen-bond donors (Lipinski definition) is 1. The van der Waals surface area contributed by atoms with Crippen LogP contribution in [0.25, 0.3) is 22.2 Å². The number of aromatic nitrogens is 2. The monoisotopic (exact) mass is 539 g/mol. The van der Waals surface area contributed by atoms with E-state index in [0.29, 0.717) is 17.5 Å². The first kappa shape index (κ1) is 21.4. The van der Waals surface area contributed by atoms with Crippen molar-refractivity contribution in [3.8, 4) is 17.0 Å². The smallest absolute Gasteiger partial charge is 0.235 e. The number of aryl methyl sites for hydroxylation is 1. The molecule has 3 heterocycles. The summed E-state index contributed by atoms with van der Waals surface area (Å²) in [6, 6.07) is 19.3. The molecule has 4 aromatic rings. The molecule has 1 unspecified atom stereocenters. The van der Waals surface area contributed by atoms with E-state index in [1.165, 1.54) is 17.5 Å². The van der Waals surface area contributed by atoms with Gasteiger partial charge >= 0.3 is 0 Å². The highest BCUT2D eigenvalue weighted by molar-refractivity contribution is 14.1. The highest BCUT2D eigenvalue weighted by atomic mass is 127. The third kappa shape index (κ3) is 4.52. The van der Waals surface area contributed by atoms with E-state index in [1.807, 2.05) is 0 Å². The van der Waals surface area contributed by atoms with Gasteiger partial charge in [0, 0.05) is 34.7 Å². The summed E-state index contributed by atoms with van der Waals surface area (Å²) >= 11 is 2.24. The van der Waals surface area contributed by atoms with Crippen LogP contribution in [-0.2, 0) is 12.8 Å². The van der Waals surface area contributed by atoms with Gasteiger partial charge in [0.2, 0.25) is 11.6 Å². The minimum Gasteiger partial charge on any atom is -0.472 e. The number of fused-ring (bicyclic) bond motifs is 1. The number of nitrogens with one attached hydrogen (secondary N) is 1. The fourth-order valence-corrected chi connectivity index (χ4v) is 5.26. The zero-order valence-electron chi connectivity index (χ0n) is 18.1. The number of benzene rings is 2. The SMILES string of the molecule is CCc1ccc(-c2c(I)oc3ncnc(OC4CNC[C@H](Cc5ccccc5)C4)c23)cc1. The number of ether oxygens (including phenoxy) is 1. The number of hydrogen-bond acceptors (Lipinski definition) is 5. The molecule has 1 saturated heterocycles. The van der Waals surface area contributed by atoms with Gasteiger partial charge in [-0.15, -0.1) is 0 Å². The molecular formula is C26H26IN3O2. The topological polar surface area (TPSA) is 60.2 Å². The van der Waals surface area contributed by atoms with Crippen LogP contribution in [0.4, 0.5) is 0 Å². The molecule has 0 amide bonds. The molecular weight excluding hydrogens is 513 g/mol. The van der Waals surface area contributed by atoms with Crippen LogP contribution in [0, 0.1) is 9.68 Å². The number of rotatable bonds is 6. The molecule has 1 aliphatic heterocycles. The lowest BCUT2D eigenvalue weighted by molar-refractivity contribution is 0.133. The van der Waals surface area contributed by atoms with E-state index in [9.17, 15) is 0 Å². The molecule has 164 valence electrons. The molecule has 5 nitrogen and oxygen atoms in total. The molecule has 1 aliphatic rings. The number of nitrogens with zero attached hydrogens (tertiary/aromatic N) is 2. The van der Waals surface area contributed by atoms with Gasteiger partial charge in [-0.1, -0.05) is 61.5 Å². The summed E-state index contributed by atoms with van der Waals surface area (Å²) in [6.45, 7) is 3.98. The predicted octanol–water partition coefficient (Wildman–Crippen LogP) is 5.66. The Kier molecular flexibility index (Phi) is 6.41. The van der Waals surface area contributed by atoms with Crippen LogP contribution < -0.4 is 10.1 Å². The van der Waals surface area contributed by atoms with E-state index in [1.54, 1.807) is 0 Å². The molecule has 0 spiro atoms. The first-order chi connectivity index (χ1) is 15.7. The largest absolute Gasteiger partial charge is 0.472 e. The van der Waals surface area contributed by atoms with Crippen LogP contribution in [0.5, 0.6) is 5.88 Å². The van der Waals surface area contributed by atoms with Crippen molar-refractivity contribution in [3.63, 3.8) is 0 Å². The third-order valence-electron chi connectivity index (χ3n) is 6.11. The summed E-state index contributed by atoms with van der Waals surface area (Å²) in [7, 11) is 0. The van der Waals surface area contributed by atoms with Crippen LogP contribution >= 0.6 is 22.6 Å². The molecule has 32 heavy (non-hydrogen) atoms. The highest BCUT2D eigenvalue weighted by Gasteiger charge is 2.26. The lowest BCUT2D eigenvalue weighted by Crippen LogP contribution is -2.43. The van der Waals surface area contributed by atoms with E-state index in [0.717, 1.165) is 52.6 Å². The maximum absolute atomic E-state index is 6.48. The zero-order valence-corrected chi connectivity index (χ0v) is 20.2. The standard InChI is InChI=1S/C26H26IN3O2/c1-2-17-8-10-20(11-9-17)22-23-25(29-16-30-26(23)32-24(22)27)31-21-13-19(14-28-15-21)12-18-6-4-3-5-7-18/h3-11,16,19,21,28H,2,12-15H2,1H3/t19-,21?/m1/s1. The second-order valence-electron chi connectivity index (χ2n) is 8.35. The van der Waals surface area contributed by atoms with Crippen molar-refractivity contribution < 1.29 is 9.15 Å². The first-order valence-corrected chi connectivity index (χ1v) is 12.2. The summed E-state index contributed by atoms with van der Waals surface area (Å²) < 4.78 is 13.3. The molecule has 2 aromatic heterocycles. The molecule has 0 aliphatic carbocycles. The summed E-state index contributed by atoms with van der Waals surface area (Å²) in [4.78, 5) is 8.89. The fraction of sp³-hybridized carbons (Fsp3) is 0.308. The second-order valence-corrected chi connectivity index (χ2v) is 9.33. The maximum atomic E-state index is 6.48. The van der Waals surface area contributed by atoms with Crippen molar-refractivity contribution in [2.24, 2.45) is 5.92 Å². The molecule has 5 rings (SSSR count). The van der Waals surface area contributed by atoms with Gasteiger partial charge in [-0.3, -0.25) is 0 Å². The molecule has 0 radical (unpaired) electrons. The Hall–Kier alpha value is -2.45. The minimum atomic E-state index is 0.0541. The molecule has 2 aromatic carbocycles. The molecule has 2 atom stereocenters. The lowest BCUT2D eigenvalue weighted by Gasteiger charge is -2.30. The third-order valence-corrected chi connectivity index (χ3v) is 6.87. The Morgan fingerprint density at radius 3 is 2.62 bits per heavy atom. The fourth-order valence-electron chi connectivity index (χ4n) is 4.47. The van der Waals surface area contributed by atoms with E-state index >= 15 is 0 Å². The van der Waals surface area contributed by atoms with Crippen molar-refractivity contribution in [2.45, 2.75) is 32.3 Å². The maximum Gasteiger partial charge on any atom is 0.235 e. The molecule has 1 N–H and O–H groups in total. The van der Waals surface area contributed by atoms with Gasteiger partial charge in [-0.2, -0.15) is 0 Å². The van der Waals surface area contributed by atoms with Crippen molar-refractivity contribution in [2.75, 3.05) is 13.1 Å². The quantitative estimate of drug-likeness (QED) is 0.321. The highest BCUT2D eigenvalue weighted by Crippen LogP contribution is 2.39. The number of furan rings is 1. The normalized spacial score (nSPS) is 18.7. The number of halogens is 1. The Morgan fingerprint density at radius 2 is 1.84 bits per heavy atom. The van der Waals surface area contributed by atoms with E-state index in [4.69, 9.17) is 9.15 Å². The van der Waals surface area contributed by atoms with Crippen molar-refractivity contribution in [3.05, 3.63) is 75.8 Å². The van der Waals surface area contributed by atoms with Crippen LogP contribution in [0.3, 0.4) is 0 Å². The van der Waals surface area contributed by atoms with Gasteiger partial charge in [0.1, 0.15) is 17.8 Å². The van der Waals surface area contributed by atoms with Crippen LogP contribution in [0.1, 0.15) is 24.5 Å². The molecule has 6 heteroatoms. The number of piperidine rings is 1. The van der Waals surface area contributed by atoms with Crippen molar-refractivity contribution >= 4 is 33.7 Å². The van der Waals surface area contributed by atoms with E-state index in [2.05, 4.69) is 99.4 Å². The average molecular weight is 539 g/mol. The van der Waals surface area contributed by atoms with Crippen molar-refractivity contribution in [1.29, 1.82) is 0 Å². The Bertz CT molecular complexity index is 1190. The molecule has 0 saturated carbocycles. The van der Waals surface area contributed by atoms with Gasteiger partial charge < -0.3 is 14.5 Å². The van der Waals surface area contributed by atoms with Crippen molar-refractivity contribution in [1.82, 2.24) is 15.3 Å². The average Bonchev–Trinajstić information content (AvgIpc) is 3.17. The Balaban J connectivity index is 1.41. The summed E-state index contributed by atoms with van der Waals surface area (Å²) in [5.74, 6) is 1.13. The Labute approximate surface area is 201 Å². The van der Waals surface area contributed by atoms with Gasteiger partial charge in [0.05, 0.1) is 0 Å². The summed E-state index contributed by atoms with van der Waals surface area (Å²) in [5.41, 5.74) is 5.34. The second kappa shape index (κ2) is 9.58. The van der Waals surface area contributed by atoms with Gasteiger partial charge in [-0.25, -0.2) is 9.97 Å². The summed E-state index contributed by atoms with van der Waals surface area (Å²) in [6.07, 6.45) is 4.63. The Morgan fingerprint density at radius 1 is 1.03 bits per heavy atom. The molecule has 1 fully saturated rings. The van der Waals surface area contributed by atoms with Crippen LogP contribution in [-0.4, -0.2) is 29.2 Å². The van der Waals surface area contributed by atoms with E-state index < -0.39 is 0 Å². The van der Waals surface area contributed by atoms with Gasteiger partial charge in [0.25, 0.3) is 0 Å². The van der Waals surface area contributed by atoms with Gasteiger partial charge in [-0.05, 0) is 48.4 Å². The van der Waals surface area contributed by atoms with Crippen LogP contribution in [0.15, 0.2) is 65.3 Å². The first-order valence-electron chi connectivity index (χ1n) is 11.1. The predicted molar refractivity (Wildman–Crippen MR) is 135 cm³/mol. The van der Waals surface area contributed by atoms with Crippen LogP contribution in [0.2, 0.25) is 0 Å². The van der Waals surface area contributed by atoms with E-state index in [-0.39, 0.29) is 6.10 Å². The minimum absolute atomic E-state index is 0.0541. The molecule has 0 bridgehead atoms. The lowest BCUT2D eigenvalue weighted by atomic mass is 9.91.